The Hall–Kier alpha value is -2.14. The lowest BCUT2D eigenvalue weighted by Gasteiger charge is -2.24. The predicted molar refractivity (Wildman–Crippen MR) is 141 cm³/mol. The van der Waals surface area contributed by atoms with E-state index in [0.29, 0.717) is 12.1 Å². The molecule has 3 rings (SSSR count). The smallest absolute Gasteiger partial charge is 0.386 e. The molecule has 0 aliphatic carbocycles. The number of hydrogen-bond acceptors (Lipinski definition) is 12. The third-order valence-corrected chi connectivity index (χ3v) is 8.09. The molecule has 1 saturated heterocycles. The van der Waals surface area contributed by atoms with Crippen LogP contribution in [0.4, 0.5) is 5.82 Å². The van der Waals surface area contributed by atoms with Crippen molar-refractivity contribution in [3.63, 3.8) is 0 Å². The zero-order valence-electron chi connectivity index (χ0n) is 22.6. The predicted octanol–water partition coefficient (Wildman–Crippen LogP) is 3.44. The van der Waals surface area contributed by atoms with Gasteiger partial charge in [-0.15, -0.1) is 0 Å². The van der Waals surface area contributed by atoms with Crippen molar-refractivity contribution in [3.8, 4) is 6.07 Å². The number of fused-ring (bicyclic) bond motifs is 1. The fourth-order valence-corrected chi connectivity index (χ4v) is 5.44. The number of aromatic nitrogens is 3. The Labute approximate surface area is 228 Å². The van der Waals surface area contributed by atoms with Gasteiger partial charge < -0.3 is 25.4 Å². The number of aliphatic hydroxyl groups is 2. The Morgan fingerprint density at radius 3 is 2.49 bits per heavy atom. The molecule has 3 heterocycles. The molecule has 0 saturated carbocycles. The van der Waals surface area contributed by atoms with Crippen LogP contribution in [0.1, 0.15) is 70.4 Å². The quantitative estimate of drug-likeness (QED) is 0.176. The Morgan fingerprint density at radius 1 is 1.13 bits per heavy atom. The molecule has 218 valence electrons. The number of unbranched alkanes of at least 4 members (excludes halogenated alkanes) is 8. The molecule has 13 nitrogen and oxygen atoms in total. The summed E-state index contributed by atoms with van der Waals surface area (Å²) < 4.78 is 41.0. The first kappa shape index (κ1) is 31.4. The zero-order chi connectivity index (χ0) is 28.3. The largest absolute Gasteiger partial charge is 0.477 e. The lowest BCUT2D eigenvalue weighted by Crippen LogP contribution is -2.40. The molecule has 2 aromatic rings. The summed E-state index contributed by atoms with van der Waals surface area (Å²) in [6, 6.07) is 4.87. The fraction of sp³-hybridized carbons (Fsp3) is 0.720. The van der Waals surface area contributed by atoms with Gasteiger partial charge in [0, 0.05) is 13.7 Å². The Kier molecular flexibility index (Phi) is 12.1. The van der Waals surface area contributed by atoms with Crippen molar-refractivity contribution in [3.05, 3.63) is 24.2 Å². The molecule has 1 aliphatic heterocycles. The van der Waals surface area contributed by atoms with Crippen LogP contribution in [0.2, 0.25) is 0 Å². The number of nitriles is 1. The molecule has 4 N–H and O–H groups in total. The number of phosphoric ester groups is 1. The van der Waals surface area contributed by atoms with Gasteiger partial charge >= 0.3 is 7.82 Å². The SMILES string of the molecule is CCCCCCCCCCCOCCOP(=O)(OC)O[C@H]1O[C@@](C#N)(c2ccc3c(N)ncnn23)[C@H](O)[C@@H]1O. The van der Waals surface area contributed by atoms with Gasteiger partial charge in [-0.1, -0.05) is 58.3 Å². The molecule has 0 amide bonds. The molecule has 0 radical (unpaired) electrons. The van der Waals surface area contributed by atoms with Crippen LogP contribution in [-0.4, -0.2) is 70.2 Å². The molecular formula is C25H40N5O8P. The van der Waals surface area contributed by atoms with Gasteiger partial charge in [-0.25, -0.2) is 14.1 Å². The summed E-state index contributed by atoms with van der Waals surface area (Å²) in [7, 11) is -3.12. The van der Waals surface area contributed by atoms with E-state index in [9.17, 15) is 20.0 Å². The van der Waals surface area contributed by atoms with Gasteiger partial charge in [-0.2, -0.15) is 10.4 Å². The molecule has 5 atom stereocenters. The van der Waals surface area contributed by atoms with Crippen molar-refractivity contribution in [2.75, 3.05) is 32.7 Å². The van der Waals surface area contributed by atoms with Gasteiger partial charge in [-0.3, -0.25) is 13.6 Å². The number of nitrogens with zero attached hydrogens (tertiary/aromatic N) is 4. The number of rotatable bonds is 18. The van der Waals surface area contributed by atoms with Gasteiger partial charge in [0.05, 0.1) is 18.9 Å². The van der Waals surface area contributed by atoms with Crippen molar-refractivity contribution in [2.24, 2.45) is 0 Å². The molecule has 14 heteroatoms. The first-order chi connectivity index (χ1) is 18.8. The molecule has 0 spiro atoms. The Bertz CT molecular complexity index is 1130. The second-order valence-corrected chi connectivity index (χ2v) is 11.2. The Morgan fingerprint density at radius 2 is 1.82 bits per heavy atom. The number of nitrogens with two attached hydrogens (primary N) is 1. The van der Waals surface area contributed by atoms with Gasteiger partial charge in [0.1, 0.15) is 30.1 Å². The van der Waals surface area contributed by atoms with E-state index in [4.69, 9.17) is 28.8 Å². The monoisotopic (exact) mass is 569 g/mol. The van der Waals surface area contributed by atoms with E-state index < -0.39 is 31.9 Å². The second-order valence-electron chi connectivity index (χ2n) is 9.44. The van der Waals surface area contributed by atoms with Crippen LogP contribution in [0, 0.1) is 11.3 Å². The molecule has 1 aliphatic rings. The molecular weight excluding hydrogens is 529 g/mol. The Balaban J connectivity index is 1.46. The van der Waals surface area contributed by atoms with E-state index in [1.54, 1.807) is 0 Å². The first-order valence-electron chi connectivity index (χ1n) is 13.4. The van der Waals surface area contributed by atoms with Crippen LogP contribution in [0.25, 0.3) is 5.52 Å². The van der Waals surface area contributed by atoms with Crippen LogP contribution >= 0.6 is 7.82 Å². The highest BCUT2D eigenvalue weighted by Crippen LogP contribution is 2.53. The topological polar surface area (TPSA) is 184 Å². The fourth-order valence-electron chi connectivity index (χ4n) is 4.47. The van der Waals surface area contributed by atoms with Crippen molar-refractivity contribution in [1.29, 1.82) is 5.26 Å². The van der Waals surface area contributed by atoms with Gasteiger partial charge in [0.2, 0.25) is 5.60 Å². The third kappa shape index (κ3) is 7.74. The highest BCUT2D eigenvalue weighted by atomic mass is 31.2. The minimum Gasteiger partial charge on any atom is -0.386 e. The average molecular weight is 570 g/mol. The van der Waals surface area contributed by atoms with E-state index in [0.717, 1.165) is 20.0 Å². The second kappa shape index (κ2) is 15.0. The summed E-state index contributed by atoms with van der Waals surface area (Å²) in [4.78, 5) is 3.88. The van der Waals surface area contributed by atoms with Crippen molar-refractivity contribution in [2.45, 2.75) is 88.8 Å². The standard InChI is InChI=1S/C25H40N5O8P/c1-3-4-5-6-7-8-9-10-11-14-35-15-16-36-39(33,34-2)38-24-21(31)22(32)25(17-26,37-24)20-13-12-19-23(27)28-18-29-30(19)20/h12-13,18,21-22,24,31-32H,3-11,14-16H2,1-2H3,(H2,27,28,29)/t21-,22+,24+,25-,39?/m0/s1. The maximum atomic E-state index is 13.0. The molecule has 1 fully saturated rings. The molecule has 0 aromatic carbocycles. The van der Waals surface area contributed by atoms with Gasteiger partial charge in [0.25, 0.3) is 0 Å². The normalized spacial score (nSPS) is 24.6. The molecule has 0 bridgehead atoms. The van der Waals surface area contributed by atoms with Crippen LogP contribution < -0.4 is 5.73 Å². The third-order valence-electron chi connectivity index (χ3n) is 6.68. The van der Waals surface area contributed by atoms with E-state index in [2.05, 4.69) is 17.0 Å². The van der Waals surface area contributed by atoms with E-state index in [1.165, 1.54) is 67.9 Å². The van der Waals surface area contributed by atoms with Gasteiger partial charge in [0.15, 0.2) is 12.1 Å². The first-order valence-corrected chi connectivity index (χ1v) is 14.9. The maximum Gasteiger partial charge on any atom is 0.477 e. The van der Waals surface area contributed by atoms with Crippen LogP contribution in [0.15, 0.2) is 18.5 Å². The lowest BCUT2D eigenvalue weighted by molar-refractivity contribution is -0.144. The highest BCUT2D eigenvalue weighted by molar-refractivity contribution is 7.48. The number of aliphatic hydroxyl groups excluding tert-OH is 2. The van der Waals surface area contributed by atoms with Crippen molar-refractivity contribution < 1.29 is 37.8 Å². The maximum absolute atomic E-state index is 13.0. The summed E-state index contributed by atoms with van der Waals surface area (Å²) in [6.07, 6.45) is 6.81. The van der Waals surface area contributed by atoms with Gasteiger partial charge in [-0.05, 0) is 18.6 Å². The number of nitrogen functional groups attached to an aromatic ring is 1. The average Bonchev–Trinajstić information content (AvgIpc) is 3.48. The van der Waals surface area contributed by atoms with E-state index >= 15 is 0 Å². The van der Waals surface area contributed by atoms with E-state index in [-0.39, 0.29) is 24.7 Å². The minimum atomic E-state index is -4.23. The van der Waals surface area contributed by atoms with Crippen LogP contribution in [0.5, 0.6) is 0 Å². The van der Waals surface area contributed by atoms with Crippen LogP contribution in [0.3, 0.4) is 0 Å². The van der Waals surface area contributed by atoms with E-state index in [1.807, 2.05) is 6.07 Å². The summed E-state index contributed by atoms with van der Waals surface area (Å²) in [5.74, 6) is 0.141. The number of ether oxygens (including phenoxy) is 2. The summed E-state index contributed by atoms with van der Waals surface area (Å²) in [5.41, 5.74) is 4.18. The molecule has 1 unspecified atom stereocenters. The lowest BCUT2D eigenvalue weighted by atomic mass is 9.93. The number of phosphoric acid groups is 1. The number of hydrogen-bond donors (Lipinski definition) is 3. The minimum absolute atomic E-state index is 0.0739. The molecule has 39 heavy (non-hydrogen) atoms. The van der Waals surface area contributed by atoms with Crippen LogP contribution in [-0.2, 0) is 33.2 Å². The summed E-state index contributed by atoms with van der Waals surface area (Å²) in [5, 5.41) is 35.4. The van der Waals surface area contributed by atoms with Crippen molar-refractivity contribution >= 4 is 19.2 Å². The van der Waals surface area contributed by atoms with Crippen molar-refractivity contribution in [1.82, 2.24) is 14.6 Å². The molecule has 2 aromatic heterocycles. The summed E-state index contributed by atoms with van der Waals surface area (Å²) in [6.45, 7) is 2.82. The summed E-state index contributed by atoms with van der Waals surface area (Å²) >= 11 is 0. The number of anilines is 1. The zero-order valence-corrected chi connectivity index (χ0v) is 23.5. The highest BCUT2D eigenvalue weighted by Gasteiger charge is 2.59.